The normalized spacial score (nSPS) is 10.3. The van der Waals surface area contributed by atoms with E-state index in [4.69, 9.17) is 4.74 Å². The minimum atomic E-state index is 0.806. The van der Waals surface area contributed by atoms with Gasteiger partial charge < -0.3 is 10.1 Å². The van der Waals surface area contributed by atoms with Gasteiger partial charge in [-0.1, -0.05) is 31.2 Å². The molecule has 0 fully saturated rings. The molecule has 0 aliphatic rings. The highest BCUT2D eigenvalue weighted by Crippen LogP contribution is 2.18. The number of hydrogen-bond acceptors (Lipinski definition) is 2. The van der Waals surface area contributed by atoms with Crippen LogP contribution in [0.1, 0.15) is 38.2 Å². The van der Waals surface area contributed by atoms with Gasteiger partial charge in [-0.25, -0.2) is 0 Å². The Morgan fingerprint density at radius 3 is 2.83 bits per heavy atom. The van der Waals surface area contributed by atoms with E-state index in [2.05, 4.69) is 37.0 Å². The lowest BCUT2D eigenvalue weighted by Gasteiger charge is -2.11. The van der Waals surface area contributed by atoms with Crippen LogP contribution in [0.5, 0.6) is 5.75 Å². The molecule has 0 bridgehead atoms. The third-order valence-electron chi connectivity index (χ3n) is 2.85. The summed E-state index contributed by atoms with van der Waals surface area (Å²) in [4.78, 5) is 0. The first-order valence-electron chi connectivity index (χ1n) is 6.90. The highest BCUT2D eigenvalue weighted by atomic mass is 16.5. The van der Waals surface area contributed by atoms with Crippen molar-refractivity contribution in [2.45, 2.75) is 39.2 Å². The Labute approximate surface area is 111 Å². The standard InChI is InChI=1S/C16H25NO/c1-3-5-6-7-10-13-18-16-12-9-8-11-15(16)14-17-4-2/h3,8-9,11-12,17H,1,4-7,10,13-14H2,2H3. The summed E-state index contributed by atoms with van der Waals surface area (Å²) in [7, 11) is 0. The van der Waals surface area contributed by atoms with Crippen LogP contribution in [0, 0.1) is 0 Å². The van der Waals surface area contributed by atoms with E-state index in [1.165, 1.54) is 18.4 Å². The first kappa shape index (κ1) is 14.8. The Hall–Kier alpha value is -1.28. The fourth-order valence-electron chi connectivity index (χ4n) is 1.80. The van der Waals surface area contributed by atoms with Gasteiger partial charge in [0.05, 0.1) is 6.61 Å². The molecule has 100 valence electrons. The molecule has 2 heteroatoms. The number of ether oxygens (including phenoxy) is 1. The van der Waals surface area contributed by atoms with Gasteiger partial charge in [0.1, 0.15) is 5.75 Å². The second-order valence-corrected chi connectivity index (χ2v) is 4.37. The molecule has 0 aliphatic heterocycles. The van der Waals surface area contributed by atoms with Crippen LogP contribution >= 0.6 is 0 Å². The van der Waals surface area contributed by atoms with Crippen LogP contribution in [0.15, 0.2) is 36.9 Å². The van der Waals surface area contributed by atoms with Gasteiger partial charge in [0.25, 0.3) is 0 Å². The molecule has 0 heterocycles. The second kappa shape index (κ2) is 9.72. The van der Waals surface area contributed by atoms with Crippen molar-refractivity contribution in [1.29, 1.82) is 0 Å². The molecule has 0 amide bonds. The van der Waals surface area contributed by atoms with Crippen molar-refractivity contribution in [2.24, 2.45) is 0 Å². The summed E-state index contributed by atoms with van der Waals surface area (Å²) >= 11 is 0. The maximum atomic E-state index is 5.85. The zero-order chi connectivity index (χ0) is 13.1. The topological polar surface area (TPSA) is 21.3 Å². The van der Waals surface area contributed by atoms with Crippen molar-refractivity contribution in [3.05, 3.63) is 42.5 Å². The van der Waals surface area contributed by atoms with Crippen LogP contribution < -0.4 is 10.1 Å². The third kappa shape index (κ3) is 5.87. The van der Waals surface area contributed by atoms with E-state index in [-0.39, 0.29) is 0 Å². The van der Waals surface area contributed by atoms with Crippen molar-refractivity contribution in [3.63, 3.8) is 0 Å². The van der Waals surface area contributed by atoms with E-state index < -0.39 is 0 Å². The quantitative estimate of drug-likeness (QED) is 0.500. The summed E-state index contributed by atoms with van der Waals surface area (Å²) in [5.74, 6) is 1.02. The number of para-hydroxylation sites is 1. The van der Waals surface area contributed by atoms with Gasteiger partial charge in [-0.05, 0) is 38.3 Å². The smallest absolute Gasteiger partial charge is 0.123 e. The molecule has 0 atom stereocenters. The van der Waals surface area contributed by atoms with E-state index in [1.54, 1.807) is 0 Å². The lowest BCUT2D eigenvalue weighted by atomic mass is 10.2. The van der Waals surface area contributed by atoms with E-state index in [0.717, 1.165) is 38.3 Å². The van der Waals surface area contributed by atoms with Crippen LogP contribution in [0.25, 0.3) is 0 Å². The largest absolute Gasteiger partial charge is 0.493 e. The predicted octanol–water partition coefficient (Wildman–Crippen LogP) is 3.92. The average molecular weight is 247 g/mol. The number of allylic oxidation sites excluding steroid dienone is 1. The summed E-state index contributed by atoms with van der Waals surface area (Å²) in [6, 6.07) is 8.26. The summed E-state index contributed by atoms with van der Waals surface area (Å²) in [6.45, 7) is 8.51. The Kier molecular flexibility index (Phi) is 7.98. The molecule has 0 saturated carbocycles. The molecule has 0 spiro atoms. The molecule has 18 heavy (non-hydrogen) atoms. The Morgan fingerprint density at radius 1 is 1.22 bits per heavy atom. The zero-order valence-electron chi connectivity index (χ0n) is 11.5. The van der Waals surface area contributed by atoms with Crippen LogP contribution in [0.2, 0.25) is 0 Å². The molecule has 1 aromatic rings. The number of nitrogens with one attached hydrogen (secondary N) is 1. The lowest BCUT2D eigenvalue weighted by Crippen LogP contribution is -2.13. The summed E-state index contributed by atoms with van der Waals surface area (Å²) in [6.07, 6.45) is 6.63. The fourth-order valence-corrected chi connectivity index (χ4v) is 1.80. The molecule has 0 radical (unpaired) electrons. The second-order valence-electron chi connectivity index (χ2n) is 4.37. The maximum absolute atomic E-state index is 5.85. The number of hydrogen-bond donors (Lipinski definition) is 1. The lowest BCUT2D eigenvalue weighted by molar-refractivity contribution is 0.302. The average Bonchev–Trinajstić information content (AvgIpc) is 2.41. The molecule has 2 nitrogen and oxygen atoms in total. The minimum Gasteiger partial charge on any atom is -0.493 e. The zero-order valence-corrected chi connectivity index (χ0v) is 11.5. The van der Waals surface area contributed by atoms with Gasteiger partial charge in [-0.15, -0.1) is 6.58 Å². The van der Waals surface area contributed by atoms with Gasteiger partial charge in [-0.2, -0.15) is 0 Å². The fraction of sp³-hybridized carbons (Fsp3) is 0.500. The van der Waals surface area contributed by atoms with E-state index in [9.17, 15) is 0 Å². The first-order valence-corrected chi connectivity index (χ1v) is 6.90. The van der Waals surface area contributed by atoms with Crippen molar-refractivity contribution < 1.29 is 4.74 Å². The van der Waals surface area contributed by atoms with Crippen molar-refractivity contribution in [3.8, 4) is 5.75 Å². The van der Waals surface area contributed by atoms with Gasteiger partial charge >= 0.3 is 0 Å². The van der Waals surface area contributed by atoms with E-state index in [0.29, 0.717) is 0 Å². The van der Waals surface area contributed by atoms with Crippen molar-refractivity contribution in [2.75, 3.05) is 13.2 Å². The van der Waals surface area contributed by atoms with Crippen molar-refractivity contribution in [1.82, 2.24) is 5.32 Å². The molecule has 1 aromatic carbocycles. The molecule has 0 saturated heterocycles. The molecule has 1 rings (SSSR count). The number of rotatable bonds is 10. The van der Waals surface area contributed by atoms with Gasteiger partial charge in [0.2, 0.25) is 0 Å². The van der Waals surface area contributed by atoms with Crippen LogP contribution in [-0.2, 0) is 6.54 Å². The Bertz CT molecular complexity index is 336. The minimum absolute atomic E-state index is 0.806. The molecular weight excluding hydrogens is 222 g/mol. The SMILES string of the molecule is C=CCCCCCOc1ccccc1CNCC. The maximum Gasteiger partial charge on any atom is 0.123 e. The van der Waals surface area contributed by atoms with Gasteiger partial charge in [0, 0.05) is 12.1 Å². The monoisotopic (exact) mass is 247 g/mol. The highest BCUT2D eigenvalue weighted by Gasteiger charge is 2.01. The number of benzene rings is 1. The highest BCUT2D eigenvalue weighted by molar-refractivity contribution is 5.33. The van der Waals surface area contributed by atoms with Crippen LogP contribution in [0.4, 0.5) is 0 Å². The Balaban J connectivity index is 2.29. The summed E-state index contributed by atoms with van der Waals surface area (Å²) in [5.41, 5.74) is 1.24. The van der Waals surface area contributed by atoms with Gasteiger partial charge in [0.15, 0.2) is 0 Å². The van der Waals surface area contributed by atoms with Crippen LogP contribution in [0.3, 0.4) is 0 Å². The summed E-state index contributed by atoms with van der Waals surface area (Å²) < 4.78 is 5.85. The van der Waals surface area contributed by atoms with E-state index in [1.807, 2.05) is 12.1 Å². The first-order chi connectivity index (χ1) is 8.88. The van der Waals surface area contributed by atoms with E-state index >= 15 is 0 Å². The molecule has 0 aliphatic carbocycles. The Morgan fingerprint density at radius 2 is 2.06 bits per heavy atom. The molecule has 1 N–H and O–H groups in total. The van der Waals surface area contributed by atoms with Crippen LogP contribution in [-0.4, -0.2) is 13.2 Å². The summed E-state index contributed by atoms with van der Waals surface area (Å²) in [5, 5.41) is 3.33. The molecule has 0 aromatic heterocycles. The third-order valence-corrected chi connectivity index (χ3v) is 2.85. The molecular formula is C16H25NO. The molecule has 0 unspecified atom stereocenters. The van der Waals surface area contributed by atoms with Crippen molar-refractivity contribution >= 4 is 0 Å². The predicted molar refractivity (Wildman–Crippen MR) is 78.0 cm³/mol. The van der Waals surface area contributed by atoms with Gasteiger partial charge in [-0.3, -0.25) is 0 Å². The number of unbranched alkanes of at least 4 members (excludes halogenated alkanes) is 3.